The van der Waals surface area contributed by atoms with Crippen molar-refractivity contribution < 1.29 is 9.59 Å². The van der Waals surface area contributed by atoms with Crippen LogP contribution in [-0.2, 0) is 9.59 Å². The summed E-state index contributed by atoms with van der Waals surface area (Å²) >= 11 is 0. The van der Waals surface area contributed by atoms with Gasteiger partial charge in [-0.2, -0.15) is 5.26 Å². The molecule has 6 nitrogen and oxygen atoms in total. The highest BCUT2D eigenvalue weighted by atomic mass is 16.2. The van der Waals surface area contributed by atoms with Gasteiger partial charge >= 0.3 is 0 Å². The van der Waals surface area contributed by atoms with Gasteiger partial charge in [-0.25, -0.2) is 0 Å². The molecular weight excluding hydrogens is 328 g/mol. The van der Waals surface area contributed by atoms with Crippen molar-refractivity contribution in [2.75, 3.05) is 0 Å². The molecule has 0 bridgehead atoms. The molecule has 0 saturated heterocycles. The molecule has 1 rings (SSSR count). The molecule has 6 heteroatoms. The van der Waals surface area contributed by atoms with Gasteiger partial charge in [0, 0.05) is 12.1 Å². The van der Waals surface area contributed by atoms with Crippen LogP contribution in [0, 0.1) is 16.7 Å². The van der Waals surface area contributed by atoms with Crippen molar-refractivity contribution in [3.05, 3.63) is 23.5 Å². The van der Waals surface area contributed by atoms with Gasteiger partial charge in [-0.15, -0.1) is 0 Å². The van der Waals surface area contributed by atoms with Gasteiger partial charge in [0.25, 0.3) is 5.91 Å². The smallest absolute Gasteiger partial charge is 0.271 e. The maximum Gasteiger partial charge on any atom is 0.271 e. The van der Waals surface area contributed by atoms with E-state index in [9.17, 15) is 9.59 Å². The number of rotatable bonds is 7. The number of hydrogen-bond acceptors (Lipinski definition) is 4. The summed E-state index contributed by atoms with van der Waals surface area (Å²) in [6.07, 6.45) is 9.33. The minimum absolute atomic E-state index is 0.0403. The van der Waals surface area contributed by atoms with Crippen LogP contribution in [0.1, 0.15) is 66.2 Å². The highest BCUT2D eigenvalue weighted by Gasteiger charge is 2.29. The quantitative estimate of drug-likeness (QED) is 0.415. The first-order valence-electron chi connectivity index (χ1n) is 9.03. The summed E-state index contributed by atoms with van der Waals surface area (Å²) in [5.41, 5.74) is -0.443. The van der Waals surface area contributed by atoms with Crippen molar-refractivity contribution in [3.63, 3.8) is 0 Å². The summed E-state index contributed by atoms with van der Waals surface area (Å²) < 4.78 is 0. The van der Waals surface area contributed by atoms with Crippen LogP contribution >= 0.6 is 0 Å². The molecule has 0 radical (unpaired) electrons. The molecule has 2 amide bonds. The minimum atomic E-state index is -1.02. The molecule has 0 aromatic heterocycles. The third-order valence-electron chi connectivity index (χ3n) is 4.64. The molecule has 1 aliphatic rings. The van der Waals surface area contributed by atoms with E-state index in [1.54, 1.807) is 26.8 Å². The second-order valence-corrected chi connectivity index (χ2v) is 7.72. The summed E-state index contributed by atoms with van der Waals surface area (Å²) in [4.78, 5) is 28.4. The van der Waals surface area contributed by atoms with E-state index in [-0.39, 0.29) is 17.0 Å². The molecule has 26 heavy (non-hydrogen) atoms. The Morgan fingerprint density at radius 1 is 1.31 bits per heavy atom. The zero-order chi connectivity index (χ0) is 19.8. The van der Waals surface area contributed by atoms with Crippen molar-refractivity contribution in [2.45, 2.75) is 71.8 Å². The van der Waals surface area contributed by atoms with E-state index in [0.29, 0.717) is 12.1 Å². The van der Waals surface area contributed by atoms with Crippen molar-refractivity contribution >= 4 is 18.5 Å². The number of nitriles is 1. The first-order valence-corrected chi connectivity index (χ1v) is 9.03. The van der Waals surface area contributed by atoms with E-state index >= 15 is 0 Å². The van der Waals surface area contributed by atoms with Gasteiger partial charge in [-0.3, -0.25) is 14.6 Å². The largest absolute Gasteiger partial charge is 0.333 e. The molecule has 1 aliphatic carbocycles. The number of allylic oxidation sites excluding steroid dienone is 2. The molecule has 0 aliphatic heterocycles. The fourth-order valence-electron chi connectivity index (χ4n) is 3.07. The second kappa shape index (κ2) is 9.33. The first kappa shape index (κ1) is 21.6. The monoisotopic (exact) mass is 358 g/mol. The predicted molar refractivity (Wildman–Crippen MR) is 103 cm³/mol. The summed E-state index contributed by atoms with van der Waals surface area (Å²) in [6, 6.07) is 1.99. The van der Waals surface area contributed by atoms with Crippen molar-refractivity contribution in [1.82, 2.24) is 10.6 Å². The third-order valence-corrected chi connectivity index (χ3v) is 4.64. The van der Waals surface area contributed by atoms with Gasteiger partial charge in [0.2, 0.25) is 5.91 Å². The Balaban J connectivity index is 2.78. The van der Waals surface area contributed by atoms with Crippen LogP contribution in [0.25, 0.3) is 0 Å². The summed E-state index contributed by atoms with van der Waals surface area (Å²) in [6.45, 7) is 10.5. The molecule has 2 N–H and O–H groups in total. The maximum atomic E-state index is 12.4. The minimum Gasteiger partial charge on any atom is -0.333 e. The lowest BCUT2D eigenvalue weighted by atomic mass is 9.73. The average molecular weight is 358 g/mol. The molecule has 142 valence electrons. The molecule has 0 unspecified atom stereocenters. The number of carbonyl (C=O) groups excluding carboxylic acids is 2. The lowest BCUT2D eigenvalue weighted by Gasteiger charge is -2.32. The zero-order valence-electron chi connectivity index (χ0n) is 16.3. The van der Waals surface area contributed by atoms with Gasteiger partial charge in [-0.1, -0.05) is 32.3 Å². The van der Waals surface area contributed by atoms with E-state index in [4.69, 9.17) is 5.26 Å². The van der Waals surface area contributed by atoms with Gasteiger partial charge in [0.05, 0.1) is 6.07 Å². The molecule has 0 aromatic carbocycles. The standard InChI is InChI=1S/C20H30N4O2/c1-6-15(12-16(22-5)18(26)24-19(2,3)14-21)23-17(25)13-20(4)10-8-7-9-11-20/h6,12H,5,7-11,13H2,1-4H3,(H,23,25)(H,24,26)/b15-6+,16-12-. The van der Waals surface area contributed by atoms with Crippen molar-refractivity contribution in [3.8, 4) is 6.07 Å². The number of nitrogens with zero attached hydrogens (tertiary/aromatic N) is 2. The van der Waals surface area contributed by atoms with Crippen LogP contribution in [0.5, 0.6) is 0 Å². The number of carbonyl (C=O) groups is 2. The van der Waals surface area contributed by atoms with E-state index in [1.165, 1.54) is 25.3 Å². The van der Waals surface area contributed by atoms with Crippen molar-refractivity contribution in [1.29, 1.82) is 5.26 Å². The van der Waals surface area contributed by atoms with Gasteiger partial charge < -0.3 is 10.6 Å². The SMILES string of the molecule is C=N/C(=C\C(=C/C)NC(=O)CC1(C)CCCCC1)C(=O)NC(C)(C)C#N. The highest BCUT2D eigenvalue weighted by Crippen LogP contribution is 2.38. The lowest BCUT2D eigenvalue weighted by molar-refractivity contribution is -0.123. The Kier molecular flexibility index (Phi) is 7.76. The first-order chi connectivity index (χ1) is 12.1. The Morgan fingerprint density at radius 3 is 2.42 bits per heavy atom. The summed E-state index contributed by atoms with van der Waals surface area (Å²) in [7, 11) is 0. The molecule has 1 fully saturated rings. The van der Waals surface area contributed by atoms with Crippen LogP contribution in [0.2, 0.25) is 0 Å². The number of hydrogen-bond donors (Lipinski definition) is 2. The second-order valence-electron chi connectivity index (χ2n) is 7.72. The average Bonchev–Trinajstić information content (AvgIpc) is 2.58. The van der Waals surface area contributed by atoms with E-state index in [0.717, 1.165) is 12.8 Å². The van der Waals surface area contributed by atoms with Crippen molar-refractivity contribution in [2.24, 2.45) is 10.4 Å². The van der Waals surface area contributed by atoms with Gasteiger partial charge in [0.1, 0.15) is 11.2 Å². The van der Waals surface area contributed by atoms with Crippen LogP contribution < -0.4 is 10.6 Å². The number of amides is 2. The fraction of sp³-hybridized carbons (Fsp3) is 0.600. The Morgan fingerprint density at radius 2 is 1.92 bits per heavy atom. The topological polar surface area (TPSA) is 94.3 Å². The molecule has 0 heterocycles. The molecule has 0 spiro atoms. The Bertz CT molecular complexity index is 647. The molecule has 0 aromatic rings. The van der Waals surface area contributed by atoms with Crippen LogP contribution in [0.3, 0.4) is 0 Å². The number of aliphatic imine (C=N–C) groups is 1. The van der Waals surface area contributed by atoms with Gasteiger partial charge in [0.15, 0.2) is 0 Å². The predicted octanol–water partition coefficient (Wildman–Crippen LogP) is 3.37. The molecular formula is C20H30N4O2. The van der Waals surface area contributed by atoms with E-state index in [2.05, 4.69) is 29.3 Å². The Labute approximate surface area is 156 Å². The van der Waals surface area contributed by atoms with Crippen LogP contribution in [0.15, 0.2) is 28.5 Å². The Hall–Kier alpha value is -2.42. The highest BCUT2D eigenvalue weighted by molar-refractivity contribution is 5.95. The summed E-state index contributed by atoms with van der Waals surface area (Å²) in [5.74, 6) is -0.584. The van der Waals surface area contributed by atoms with Crippen LogP contribution in [-0.4, -0.2) is 24.1 Å². The normalized spacial score (nSPS) is 17.8. The van der Waals surface area contributed by atoms with Gasteiger partial charge in [-0.05, 0) is 51.8 Å². The maximum absolute atomic E-state index is 12.4. The zero-order valence-corrected chi connectivity index (χ0v) is 16.3. The molecule has 0 atom stereocenters. The summed E-state index contributed by atoms with van der Waals surface area (Å²) in [5, 5.41) is 14.4. The van der Waals surface area contributed by atoms with E-state index in [1.807, 2.05) is 6.07 Å². The molecule has 1 saturated carbocycles. The lowest BCUT2D eigenvalue weighted by Crippen LogP contribution is -2.42. The van der Waals surface area contributed by atoms with Crippen LogP contribution in [0.4, 0.5) is 0 Å². The third kappa shape index (κ3) is 6.83. The number of nitrogens with one attached hydrogen (secondary N) is 2. The fourth-order valence-corrected chi connectivity index (χ4v) is 3.07. The van der Waals surface area contributed by atoms with E-state index < -0.39 is 11.4 Å².